The summed E-state index contributed by atoms with van der Waals surface area (Å²) in [7, 11) is 0. The second-order valence-corrected chi connectivity index (χ2v) is 10.9. The Kier molecular flexibility index (Phi) is 11.2. The van der Waals surface area contributed by atoms with Gasteiger partial charge in [-0.25, -0.2) is 0 Å². The summed E-state index contributed by atoms with van der Waals surface area (Å²) in [4.78, 5) is 59.0. The first-order valence-electron chi connectivity index (χ1n) is 14.6. The fourth-order valence-electron chi connectivity index (χ4n) is 4.76. The number of fused-ring (bicyclic) bond motifs is 1. The monoisotopic (exact) mass is 585 g/mol. The molecule has 2 heterocycles. The van der Waals surface area contributed by atoms with Crippen molar-refractivity contribution in [3.63, 3.8) is 0 Å². The molecule has 0 spiro atoms. The summed E-state index contributed by atoms with van der Waals surface area (Å²) >= 11 is 0. The third-order valence-electron chi connectivity index (χ3n) is 7.34. The molecule has 2 atom stereocenters. The molecular formula is C33H39N5O5. The molecule has 4 amide bonds. The number of ether oxygens (including phenoxy) is 1. The van der Waals surface area contributed by atoms with Crippen LogP contribution in [0.2, 0.25) is 0 Å². The van der Waals surface area contributed by atoms with E-state index in [4.69, 9.17) is 4.74 Å². The zero-order valence-corrected chi connectivity index (χ0v) is 24.6. The first-order chi connectivity index (χ1) is 20.8. The van der Waals surface area contributed by atoms with Gasteiger partial charge in [-0.2, -0.15) is 0 Å². The quantitative estimate of drug-likeness (QED) is 0.391. The smallest absolute Gasteiger partial charge is 0.255 e. The van der Waals surface area contributed by atoms with Crippen LogP contribution in [0, 0.1) is 5.92 Å². The molecule has 0 bridgehead atoms. The van der Waals surface area contributed by atoms with Crippen molar-refractivity contribution >= 4 is 23.6 Å². The Morgan fingerprint density at radius 1 is 0.977 bits per heavy atom. The molecule has 0 saturated heterocycles. The minimum absolute atomic E-state index is 0.0270. The van der Waals surface area contributed by atoms with Crippen molar-refractivity contribution in [3.8, 4) is 5.75 Å². The second kappa shape index (κ2) is 15.5. The fourth-order valence-corrected chi connectivity index (χ4v) is 4.76. The molecule has 0 unspecified atom stereocenters. The summed E-state index contributed by atoms with van der Waals surface area (Å²) in [5.41, 5.74) is 2.15. The molecule has 0 fully saturated rings. The van der Waals surface area contributed by atoms with E-state index in [9.17, 15) is 19.2 Å². The van der Waals surface area contributed by atoms with Gasteiger partial charge in [0.25, 0.3) is 5.91 Å². The van der Waals surface area contributed by atoms with Crippen molar-refractivity contribution in [1.82, 2.24) is 25.8 Å². The predicted molar refractivity (Wildman–Crippen MR) is 162 cm³/mol. The van der Waals surface area contributed by atoms with Crippen LogP contribution in [0.3, 0.4) is 0 Å². The summed E-state index contributed by atoms with van der Waals surface area (Å²) in [6.45, 7) is 4.48. The minimum Gasteiger partial charge on any atom is -0.491 e. The van der Waals surface area contributed by atoms with Crippen molar-refractivity contribution in [2.45, 2.75) is 51.7 Å². The van der Waals surface area contributed by atoms with Gasteiger partial charge in [0.2, 0.25) is 17.7 Å². The van der Waals surface area contributed by atoms with Gasteiger partial charge in [-0.15, -0.1) is 0 Å². The Morgan fingerprint density at radius 2 is 1.70 bits per heavy atom. The van der Waals surface area contributed by atoms with Crippen LogP contribution in [-0.2, 0) is 27.3 Å². The lowest BCUT2D eigenvalue weighted by molar-refractivity contribution is -0.137. The molecular weight excluding hydrogens is 546 g/mol. The van der Waals surface area contributed by atoms with Crippen molar-refractivity contribution in [2.75, 3.05) is 19.7 Å². The topological polar surface area (TPSA) is 130 Å². The number of amides is 4. The molecule has 1 aromatic heterocycles. The third-order valence-corrected chi connectivity index (χ3v) is 7.34. The highest BCUT2D eigenvalue weighted by Gasteiger charge is 2.27. The van der Waals surface area contributed by atoms with E-state index in [1.54, 1.807) is 36.7 Å². The van der Waals surface area contributed by atoms with Crippen LogP contribution in [0.25, 0.3) is 0 Å². The van der Waals surface area contributed by atoms with Gasteiger partial charge in [0.15, 0.2) is 0 Å². The largest absolute Gasteiger partial charge is 0.491 e. The number of benzene rings is 2. The van der Waals surface area contributed by atoms with Crippen molar-refractivity contribution in [2.24, 2.45) is 5.92 Å². The molecule has 4 rings (SSSR count). The van der Waals surface area contributed by atoms with E-state index in [-0.39, 0.29) is 61.9 Å². The molecule has 43 heavy (non-hydrogen) atoms. The minimum atomic E-state index is -0.983. The van der Waals surface area contributed by atoms with Crippen LogP contribution in [0.4, 0.5) is 0 Å². The summed E-state index contributed by atoms with van der Waals surface area (Å²) in [6, 6.07) is 18.6. The standard InChI is InChI=1S/C33H39N5O5/c1-23(2)28-22-43-29-11-7-6-10-26(29)32(41)37-27(33(42)35-19-16-24-14-17-34-18-15-24)12-13-31(40)38(21-30(39)36-28)20-25-8-4-3-5-9-25/h3-11,14-15,17-18,23,27-28H,12-13,16,19-22H2,1-2H3,(H,35,42)(H,36,39)(H,37,41)/t27-,28-/m0/s1. The van der Waals surface area contributed by atoms with Crippen LogP contribution >= 0.6 is 0 Å². The van der Waals surface area contributed by atoms with Crippen LogP contribution in [0.15, 0.2) is 79.1 Å². The highest BCUT2D eigenvalue weighted by molar-refractivity contribution is 5.99. The van der Waals surface area contributed by atoms with Gasteiger partial charge in [0.1, 0.15) is 18.4 Å². The first-order valence-corrected chi connectivity index (χ1v) is 14.6. The normalized spacial score (nSPS) is 18.4. The van der Waals surface area contributed by atoms with E-state index < -0.39 is 17.9 Å². The van der Waals surface area contributed by atoms with Crippen LogP contribution < -0.4 is 20.7 Å². The maximum atomic E-state index is 13.5. The molecule has 10 heteroatoms. The van der Waals surface area contributed by atoms with Gasteiger partial charge in [0.05, 0.1) is 18.2 Å². The van der Waals surface area contributed by atoms with Gasteiger partial charge < -0.3 is 25.6 Å². The van der Waals surface area contributed by atoms with Crippen LogP contribution in [-0.4, -0.2) is 65.3 Å². The first kappa shape index (κ1) is 31.2. The Bertz CT molecular complexity index is 1380. The van der Waals surface area contributed by atoms with Crippen LogP contribution in [0.1, 0.15) is 48.2 Å². The van der Waals surface area contributed by atoms with E-state index >= 15 is 0 Å². The molecule has 1 aliphatic heterocycles. The molecule has 226 valence electrons. The SMILES string of the molecule is CC(C)[C@@H]1COc2ccccc2C(=O)N[C@H](C(=O)NCCc2ccncc2)CCC(=O)N(Cc2ccccc2)CC(=O)N1. The van der Waals surface area contributed by atoms with E-state index in [1.807, 2.05) is 56.3 Å². The average Bonchev–Trinajstić information content (AvgIpc) is 3.01. The lowest BCUT2D eigenvalue weighted by Crippen LogP contribution is -2.48. The number of rotatable bonds is 7. The number of hydrogen-bond donors (Lipinski definition) is 3. The summed E-state index contributed by atoms with van der Waals surface area (Å²) in [6.07, 6.45) is 3.97. The maximum absolute atomic E-state index is 13.5. The number of carbonyl (C=O) groups is 4. The number of nitrogens with one attached hydrogen (secondary N) is 3. The Labute approximate surface area is 252 Å². The van der Waals surface area contributed by atoms with Crippen molar-refractivity contribution < 1.29 is 23.9 Å². The Balaban J connectivity index is 1.58. The molecule has 3 N–H and O–H groups in total. The summed E-state index contributed by atoms with van der Waals surface area (Å²) in [5.74, 6) is -1.12. The van der Waals surface area contributed by atoms with Crippen LogP contribution in [0.5, 0.6) is 5.75 Å². The number of para-hydroxylation sites is 1. The molecule has 10 nitrogen and oxygen atoms in total. The van der Waals surface area contributed by atoms with E-state index in [2.05, 4.69) is 20.9 Å². The van der Waals surface area contributed by atoms with Gasteiger partial charge in [-0.1, -0.05) is 56.3 Å². The number of hydrogen-bond acceptors (Lipinski definition) is 6. The summed E-state index contributed by atoms with van der Waals surface area (Å²) in [5, 5.41) is 8.71. The lowest BCUT2D eigenvalue weighted by Gasteiger charge is -2.26. The maximum Gasteiger partial charge on any atom is 0.255 e. The van der Waals surface area contributed by atoms with E-state index in [0.717, 1.165) is 11.1 Å². The van der Waals surface area contributed by atoms with Gasteiger partial charge in [-0.3, -0.25) is 24.2 Å². The Morgan fingerprint density at radius 3 is 2.44 bits per heavy atom. The molecule has 0 radical (unpaired) electrons. The van der Waals surface area contributed by atoms with Gasteiger partial charge in [0, 0.05) is 31.9 Å². The number of carbonyl (C=O) groups excluding carboxylic acids is 4. The van der Waals surface area contributed by atoms with E-state index in [0.29, 0.717) is 18.7 Å². The zero-order valence-electron chi connectivity index (χ0n) is 24.6. The number of aromatic nitrogens is 1. The van der Waals surface area contributed by atoms with Crippen molar-refractivity contribution in [1.29, 1.82) is 0 Å². The highest BCUT2D eigenvalue weighted by atomic mass is 16.5. The Hall–Kier alpha value is -4.73. The number of nitrogens with zero attached hydrogens (tertiary/aromatic N) is 2. The third kappa shape index (κ3) is 9.39. The van der Waals surface area contributed by atoms with E-state index in [1.165, 1.54) is 4.90 Å². The molecule has 2 aromatic carbocycles. The van der Waals surface area contributed by atoms with Gasteiger partial charge in [-0.05, 0) is 54.2 Å². The number of pyridine rings is 1. The highest BCUT2D eigenvalue weighted by Crippen LogP contribution is 2.20. The molecule has 3 aromatic rings. The lowest BCUT2D eigenvalue weighted by atomic mass is 10.1. The molecule has 0 saturated carbocycles. The second-order valence-electron chi connectivity index (χ2n) is 10.9. The predicted octanol–water partition coefficient (Wildman–Crippen LogP) is 2.88. The average molecular weight is 586 g/mol. The summed E-state index contributed by atoms with van der Waals surface area (Å²) < 4.78 is 6.05. The zero-order chi connectivity index (χ0) is 30.6. The fraction of sp³-hybridized carbons (Fsp3) is 0.364. The van der Waals surface area contributed by atoms with Crippen molar-refractivity contribution in [3.05, 3.63) is 95.8 Å². The molecule has 0 aliphatic carbocycles. The molecule has 1 aliphatic rings. The van der Waals surface area contributed by atoms with Gasteiger partial charge >= 0.3 is 0 Å².